The van der Waals surface area contributed by atoms with Crippen molar-refractivity contribution < 1.29 is 4.52 Å². The van der Waals surface area contributed by atoms with Crippen molar-refractivity contribution in [3.8, 4) is 11.5 Å². The lowest BCUT2D eigenvalue weighted by Gasteiger charge is -1.98. The number of aryl methyl sites for hydroxylation is 1. The molecule has 0 saturated carbocycles. The third-order valence-electron chi connectivity index (χ3n) is 1.82. The normalized spacial score (nSPS) is 10.5. The van der Waals surface area contributed by atoms with E-state index in [0.29, 0.717) is 10.6 Å². The summed E-state index contributed by atoms with van der Waals surface area (Å²) in [4.78, 5) is 4.07. The van der Waals surface area contributed by atoms with E-state index in [0.717, 1.165) is 10.0 Å². The van der Waals surface area contributed by atoms with Crippen LogP contribution in [0.15, 0.2) is 31.9 Å². The van der Waals surface area contributed by atoms with Crippen LogP contribution in [0, 0.1) is 6.92 Å². The van der Waals surface area contributed by atoms with Crippen LogP contribution in [-0.2, 0) is 0 Å². The molecule has 0 amide bonds. The fourth-order valence-corrected chi connectivity index (χ4v) is 1.66. The minimum atomic E-state index is 0.462. The summed E-state index contributed by atoms with van der Waals surface area (Å²) in [6.45, 7) is 2.03. The van der Waals surface area contributed by atoms with Gasteiger partial charge in [0, 0.05) is 10.0 Å². The molecule has 0 aliphatic heterocycles. The zero-order valence-electron chi connectivity index (χ0n) is 7.29. The molecule has 0 spiro atoms. The number of hydrogen-bond donors (Lipinski definition) is 0. The Hall–Kier alpha value is -0.680. The summed E-state index contributed by atoms with van der Waals surface area (Å²) in [7, 11) is 0. The van der Waals surface area contributed by atoms with E-state index in [2.05, 4.69) is 42.0 Å². The predicted molar refractivity (Wildman–Crippen MR) is 59.9 cm³/mol. The Bertz CT molecular complexity index is 468. The smallest absolute Gasteiger partial charge is 0.258 e. The molecular weight excluding hydrogens is 312 g/mol. The van der Waals surface area contributed by atoms with Crippen LogP contribution in [0.2, 0.25) is 0 Å². The first-order valence-corrected chi connectivity index (χ1v) is 5.51. The monoisotopic (exact) mass is 316 g/mol. The van der Waals surface area contributed by atoms with E-state index >= 15 is 0 Å². The van der Waals surface area contributed by atoms with Crippen LogP contribution >= 0.6 is 31.9 Å². The molecule has 14 heavy (non-hydrogen) atoms. The highest BCUT2D eigenvalue weighted by Crippen LogP contribution is 2.24. The fourth-order valence-electron chi connectivity index (χ4n) is 1.05. The lowest BCUT2D eigenvalue weighted by atomic mass is 10.1. The molecule has 1 heterocycles. The van der Waals surface area contributed by atoms with Crippen molar-refractivity contribution in [2.45, 2.75) is 6.92 Å². The van der Waals surface area contributed by atoms with Crippen LogP contribution in [0.4, 0.5) is 0 Å². The number of aromatic nitrogens is 2. The summed E-state index contributed by atoms with van der Waals surface area (Å²) in [5.41, 5.74) is 2.08. The molecule has 0 radical (unpaired) electrons. The molecule has 0 saturated heterocycles. The molecule has 3 nitrogen and oxygen atoms in total. The Morgan fingerprint density at radius 1 is 1.29 bits per heavy atom. The second-order valence-corrected chi connectivity index (χ2v) is 4.40. The average molecular weight is 318 g/mol. The van der Waals surface area contributed by atoms with Gasteiger partial charge in [0.15, 0.2) is 0 Å². The molecular formula is C9H6Br2N2O. The highest BCUT2D eigenvalue weighted by atomic mass is 79.9. The number of nitrogens with zero attached hydrogens (tertiary/aromatic N) is 2. The van der Waals surface area contributed by atoms with Gasteiger partial charge in [-0.05, 0) is 45.7 Å². The van der Waals surface area contributed by atoms with E-state index in [1.54, 1.807) is 0 Å². The second-order valence-electron chi connectivity index (χ2n) is 2.83. The average Bonchev–Trinajstić information content (AvgIpc) is 2.57. The summed E-state index contributed by atoms with van der Waals surface area (Å²) in [6.07, 6.45) is 0. The first-order valence-electron chi connectivity index (χ1n) is 3.92. The lowest BCUT2D eigenvalue weighted by molar-refractivity contribution is 0.426. The van der Waals surface area contributed by atoms with Gasteiger partial charge in [-0.15, -0.1) is 0 Å². The first kappa shape index (κ1) is 9.86. The van der Waals surface area contributed by atoms with Crippen LogP contribution in [-0.4, -0.2) is 10.1 Å². The molecule has 0 unspecified atom stereocenters. The quantitative estimate of drug-likeness (QED) is 0.807. The maximum absolute atomic E-state index is 5.02. The van der Waals surface area contributed by atoms with Crippen molar-refractivity contribution >= 4 is 31.9 Å². The molecule has 72 valence electrons. The number of halogens is 2. The van der Waals surface area contributed by atoms with Crippen molar-refractivity contribution in [2.75, 3.05) is 0 Å². The third-order valence-corrected chi connectivity index (χ3v) is 3.00. The molecule has 0 bridgehead atoms. The number of benzene rings is 1. The molecule has 0 aliphatic carbocycles. The van der Waals surface area contributed by atoms with Crippen molar-refractivity contribution in [3.63, 3.8) is 0 Å². The van der Waals surface area contributed by atoms with E-state index in [1.807, 2.05) is 25.1 Å². The molecule has 0 aliphatic rings. The van der Waals surface area contributed by atoms with Gasteiger partial charge in [-0.3, -0.25) is 0 Å². The number of rotatable bonds is 1. The van der Waals surface area contributed by atoms with E-state index in [1.165, 1.54) is 5.56 Å². The van der Waals surface area contributed by atoms with Gasteiger partial charge in [-0.1, -0.05) is 22.0 Å². The summed E-state index contributed by atoms with van der Waals surface area (Å²) in [5, 5.41) is 3.66. The van der Waals surface area contributed by atoms with Gasteiger partial charge in [-0.2, -0.15) is 4.98 Å². The van der Waals surface area contributed by atoms with Gasteiger partial charge in [-0.25, -0.2) is 0 Å². The molecule has 0 N–H and O–H groups in total. The summed E-state index contributed by atoms with van der Waals surface area (Å²) >= 11 is 6.58. The van der Waals surface area contributed by atoms with Crippen LogP contribution < -0.4 is 0 Å². The minimum Gasteiger partial charge on any atom is -0.333 e. The topological polar surface area (TPSA) is 38.9 Å². The first-order chi connectivity index (χ1) is 6.66. The summed E-state index contributed by atoms with van der Waals surface area (Å²) < 4.78 is 6.51. The molecule has 1 aromatic carbocycles. The van der Waals surface area contributed by atoms with E-state index in [9.17, 15) is 0 Å². The Kier molecular flexibility index (Phi) is 2.69. The Morgan fingerprint density at radius 2 is 2.07 bits per heavy atom. The Balaban J connectivity index is 2.47. The van der Waals surface area contributed by atoms with E-state index in [4.69, 9.17) is 4.52 Å². The molecule has 1 aromatic heterocycles. The largest absolute Gasteiger partial charge is 0.333 e. The van der Waals surface area contributed by atoms with Crippen molar-refractivity contribution in [3.05, 3.63) is 33.0 Å². The maximum atomic E-state index is 5.02. The van der Waals surface area contributed by atoms with Crippen LogP contribution in [0.3, 0.4) is 0 Å². The van der Waals surface area contributed by atoms with Crippen molar-refractivity contribution in [1.29, 1.82) is 0 Å². The summed E-state index contributed by atoms with van der Waals surface area (Å²) in [5.74, 6) is 0.512. The van der Waals surface area contributed by atoms with E-state index < -0.39 is 0 Å². The highest BCUT2D eigenvalue weighted by Gasteiger charge is 2.07. The molecule has 0 atom stereocenters. The Morgan fingerprint density at radius 3 is 2.64 bits per heavy atom. The number of hydrogen-bond acceptors (Lipinski definition) is 3. The van der Waals surface area contributed by atoms with Gasteiger partial charge in [0.25, 0.3) is 5.89 Å². The van der Waals surface area contributed by atoms with Gasteiger partial charge < -0.3 is 4.52 Å². The predicted octanol–water partition coefficient (Wildman–Crippen LogP) is 3.57. The van der Waals surface area contributed by atoms with Gasteiger partial charge in [0.05, 0.1) is 0 Å². The standard InChI is InChI=1S/C9H6Br2N2O/c1-5-2-3-6(4-7(5)10)8-12-9(11)13-14-8/h2-4H,1H3. The lowest BCUT2D eigenvalue weighted by Crippen LogP contribution is -1.80. The zero-order chi connectivity index (χ0) is 10.1. The fraction of sp³-hybridized carbons (Fsp3) is 0.111. The van der Waals surface area contributed by atoms with Gasteiger partial charge >= 0.3 is 0 Å². The highest BCUT2D eigenvalue weighted by molar-refractivity contribution is 9.10. The second kappa shape index (κ2) is 3.82. The molecule has 2 rings (SSSR count). The zero-order valence-corrected chi connectivity index (χ0v) is 10.5. The summed E-state index contributed by atoms with van der Waals surface area (Å²) in [6, 6.07) is 5.90. The SMILES string of the molecule is Cc1ccc(-c2nc(Br)no2)cc1Br. The Labute approximate surface area is 97.8 Å². The third kappa shape index (κ3) is 1.88. The maximum Gasteiger partial charge on any atom is 0.258 e. The van der Waals surface area contributed by atoms with Crippen LogP contribution in [0.1, 0.15) is 5.56 Å². The van der Waals surface area contributed by atoms with Crippen LogP contribution in [0.25, 0.3) is 11.5 Å². The molecule has 0 fully saturated rings. The van der Waals surface area contributed by atoms with Gasteiger partial charge in [0.1, 0.15) is 0 Å². The minimum absolute atomic E-state index is 0.462. The van der Waals surface area contributed by atoms with Crippen LogP contribution in [0.5, 0.6) is 0 Å². The molecule has 2 aromatic rings. The molecule has 5 heteroatoms. The van der Waals surface area contributed by atoms with Crippen molar-refractivity contribution in [1.82, 2.24) is 10.1 Å². The van der Waals surface area contributed by atoms with E-state index in [-0.39, 0.29) is 0 Å². The van der Waals surface area contributed by atoms with Crippen molar-refractivity contribution in [2.24, 2.45) is 0 Å². The van der Waals surface area contributed by atoms with Gasteiger partial charge in [0.2, 0.25) is 4.73 Å².